The number of hydrogen-bond acceptors (Lipinski definition) is 5. The lowest BCUT2D eigenvalue weighted by Gasteiger charge is -2.40. The minimum Gasteiger partial charge on any atom is -0.459 e. The molecule has 6 saturated carbocycles. The molecular formula is C26H36O5. The van der Waals surface area contributed by atoms with Crippen LogP contribution in [0.3, 0.4) is 0 Å². The van der Waals surface area contributed by atoms with Crippen LogP contribution in [-0.2, 0) is 23.8 Å². The summed E-state index contributed by atoms with van der Waals surface area (Å²) in [7, 11) is 0. The van der Waals surface area contributed by atoms with Crippen LogP contribution in [0.2, 0.25) is 0 Å². The smallest absolute Gasteiger partial charge is 0.333 e. The van der Waals surface area contributed by atoms with Gasteiger partial charge in [0.15, 0.2) is 6.79 Å². The first-order chi connectivity index (χ1) is 15.0. The van der Waals surface area contributed by atoms with Gasteiger partial charge in [-0.3, -0.25) is 4.79 Å². The molecule has 0 aliphatic heterocycles. The maximum atomic E-state index is 12.9. The Balaban J connectivity index is 1.02. The zero-order chi connectivity index (χ0) is 21.3. The van der Waals surface area contributed by atoms with E-state index < -0.39 is 0 Å². The highest BCUT2D eigenvalue weighted by atomic mass is 16.7. The van der Waals surface area contributed by atoms with Crippen LogP contribution in [0.1, 0.15) is 58.3 Å². The summed E-state index contributed by atoms with van der Waals surface area (Å²) in [5.41, 5.74) is 0.471. The Kier molecular flexibility index (Phi) is 4.97. The van der Waals surface area contributed by atoms with E-state index in [1.54, 1.807) is 6.92 Å². The zero-order valence-electron chi connectivity index (χ0n) is 18.7. The summed E-state index contributed by atoms with van der Waals surface area (Å²) in [5.74, 6) is 5.50. The van der Waals surface area contributed by atoms with Gasteiger partial charge in [-0.15, -0.1) is 0 Å². The number of hydrogen-bond donors (Lipinski definition) is 0. The third-order valence-corrected chi connectivity index (χ3v) is 10.2. The van der Waals surface area contributed by atoms with Gasteiger partial charge in [-0.2, -0.15) is 0 Å². The van der Waals surface area contributed by atoms with Gasteiger partial charge in [0.1, 0.15) is 6.10 Å². The van der Waals surface area contributed by atoms with Crippen molar-refractivity contribution in [3.63, 3.8) is 0 Å². The van der Waals surface area contributed by atoms with Crippen molar-refractivity contribution in [2.24, 2.45) is 59.2 Å². The Bertz CT molecular complexity index is 776. The van der Waals surface area contributed by atoms with Crippen LogP contribution >= 0.6 is 0 Å². The fraction of sp³-hybridized carbons (Fsp3) is 0.846. The first-order valence-electron chi connectivity index (χ1n) is 12.6. The summed E-state index contributed by atoms with van der Waals surface area (Å²) >= 11 is 0. The number of rotatable bonds is 7. The third-order valence-electron chi connectivity index (χ3n) is 10.2. The predicted molar refractivity (Wildman–Crippen MR) is 113 cm³/mol. The number of ether oxygens (including phenoxy) is 3. The lowest BCUT2D eigenvalue weighted by Crippen LogP contribution is -2.41. The molecule has 6 fully saturated rings. The van der Waals surface area contributed by atoms with E-state index >= 15 is 0 Å². The molecule has 0 saturated heterocycles. The highest BCUT2D eigenvalue weighted by Gasteiger charge is 2.66. The summed E-state index contributed by atoms with van der Waals surface area (Å²) in [4.78, 5) is 25.0. The van der Waals surface area contributed by atoms with Gasteiger partial charge in [-0.25, -0.2) is 4.79 Å². The quantitative estimate of drug-likeness (QED) is 0.198. The lowest BCUT2D eigenvalue weighted by molar-refractivity contribution is -0.167. The Morgan fingerprint density at radius 2 is 1.71 bits per heavy atom. The van der Waals surface area contributed by atoms with Crippen molar-refractivity contribution in [1.29, 1.82) is 0 Å². The topological polar surface area (TPSA) is 61.8 Å². The van der Waals surface area contributed by atoms with E-state index in [0.717, 1.165) is 50.0 Å². The van der Waals surface area contributed by atoms with Gasteiger partial charge >= 0.3 is 11.9 Å². The normalized spacial score (nSPS) is 48.2. The Morgan fingerprint density at radius 3 is 2.45 bits per heavy atom. The highest BCUT2D eigenvalue weighted by molar-refractivity contribution is 5.87. The van der Waals surface area contributed by atoms with Gasteiger partial charge < -0.3 is 14.2 Å². The number of esters is 2. The second-order valence-electron chi connectivity index (χ2n) is 11.7. The van der Waals surface area contributed by atoms with Crippen molar-refractivity contribution >= 4 is 11.9 Å². The van der Waals surface area contributed by atoms with E-state index in [9.17, 15) is 9.59 Å². The molecule has 11 atom stereocenters. The standard InChI is InChI=1S/C26H36O5/c1-13(2)25(27)31-22-10-17-9-21(22)24-19-7-16(23(17)24)8-20(19)26(28)30-12-29-11-18-6-14-3-4-15(18)5-14/h14-24H,1,3-12H2,2H3. The molecule has 0 radical (unpaired) electrons. The molecule has 6 rings (SSSR count). The van der Waals surface area contributed by atoms with Gasteiger partial charge in [-0.1, -0.05) is 13.0 Å². The summed E-state index contributed by atoms with van der Waals surface area (Å²) in [6.07, 6.45) is 9.74. The van der Waals surface area contributed by atoms with Crippen LogP contribution in [-0.4, -0.2) is 31.4 Å². The molecule has 0 amide bonds. The van der Waals surface area contributed by atoms with Crippen LogP contribution in [0.4, 0.5) is 0 Å². The van der Waals surface area contributed by atoms with Gasteiger partial charge in [0.05, 0.1) is 12.5 Å². The third kappa shape index (κ3) is 3.29. The summed E-state index contributed by atoms with van der Waals surface area (Å²) in [6, 6.07) is 0. The molecule has 11 unspecified atom stereocenters. The van der Waals surface area contributed by atoms with E-state index in [4.69, 9.17) is 14.2 Å². The van der Waals surface area contributed by atoms with Gasteiger partial charge in [-0.05, 0) is 105 Å². The van der Waals surface area contributed by atoms with E-state index in [-0.39, 0.29) is 30.8 Å². The van der Waals surface area contributed by atoms with Crippen LogP contribution in [0, 0.1) is 59.2 Å². The molecule has 6 aliphatic rings. The second kappa shape index (κ2) is 7.60. The van der Waals surface area contributed by atoms with Crippen molar-refractivity contribution in [2.45, 2.75) is 64.4 Å². The number of carbonyl (C=O) groups excluding carboxylic acids is 2. The van der Waals surface area contributed by atoms with Crippen LogP contribution < -0.4 is 0 Å². The van der Waals surface area contributed by atoms with E-state index in [1.165, 1.54) is 25.7 Å². The molecule has 0 heterocycles. The molecule has 0 aromatic carbocycles. The summed E-state index contributed by atoms with van der Waals surface area (Å²) in [6.45, 7) is 6.29. The molecule has 6 bridgehead atoms. The fourth-order valence-electron chi connectivity index (χ4n) is 9.17. The molecule has 0 spiro atoms. The highest BCUT2D eigenvalue weighted by Crippen LogP contribution is 2.69. The second-order valence-corrected chi connectivity index (χ2v) is 11.7. The number of carbonyl (C=O) groups is 2. The van der Waals surface area contributed by atoms with Crippen molar-refractivity contribution < 1.29 is 23.8 Å². The Hall–Kier alpha value is -1.36. The van der Waals surface area contributed by atoms with Gasteiger partial charge in [0, 0.05) is 5.57 Å². The predicted octanol–water partition coefficient (Wildman–Crippen LogP) is 4.36. The monoisotopic (exact) mass is 428 g/mol. The summed E-state index contributed by atoms with van der Waals surface area (Å²) in [5, 5.41) is 0. The zero-order valence-corrected chi connectivity index (χ0v) is 18.7. The molecule has 0 N–H and O–H groups in total. The van der Waals surface area contributed by atoms with Crippen molar-refractivity contribution in [2.75, 3.05) is 13.4 Å². The Morgan fingerprint density at radius 1 is 0.903 bits per heavy atom. The SMILES string of the molecule is C=C(C)C(=O)OC1CC2CC1C1C3CC(CC3C(=O)OCOCC3CC4CCC3C4)C21. The average Bonchev–Trinajstić information content (AvgIpc) is 3.56. The van der Waals surface area contributed by atoms with Crippen LogP contribution in [0.25, 0.3) is 0 Å². The van der Waals surface area contributed by atoms with E-state index in [1.807, 2.05) is 0 Å². The van der Waals surface area contributed by atoms with Crippen molar-refractivity contribution in [1.82, 2.24) is 0 Å². The Labute approximate surface area is 185 Å². The van der Waals surface area contributed by atoms with Crippen LogP contribution in [0.15, 0.2) is 12.2 Å². The van der Waals surface area contributed by atoms with Crippen molar-refractivity contribution in [3.05, 3.63) is 12.2 Å². The first-order valence-corrected chi connectivity index (χ1v) is 12.6. The fourth-order valence-corrected chi connectivity index (χ4v) is 9.17. The van der Waals surface area contributed by atoms with Gasteiger partial charge in [0.2, 0.25) is 0 Å². The molecule has 31 heavy (non-hydrogen) atoms. The van der Waals surface area contributed by atoms with Crippen molar-refractivity contribution in [3.8, 4) is 0 Å². The minimum absolute atomic E-state index is 0.00850. The first kappa shape index (κ1) is 20.3. The van der Waals surface area contributed by atoms with E-state index in [0.29, 0.717) is 41.1 Å². The maximum Gasteiger partial charge on any atom is 0.333 e. The minimum atomic E-state index is -0.263. The molecule has 0 aromatic rings. The molecule has 170 valence electrons. The molecule has 5 nitrogen and oxygen atoms in total. The lowest BCUT2D eigenvalue weighted by atomic mass is 9.67. The largest absolute Gasteiger partial charge is 0.459 e. The van der Waals surface area contributed by atoms with E-state index in [2.05, 4.69) is 6.58 Å². The molecule has 6 aliphatic carbocycles. The summed E-state index contributed by atoms with van der Waals surface area (Å²) < 4.78 is 17.2. The molecule has 0 aromatic heterocycles. The maximum absolute atomic E-state index is 12.9. The molecular weight excluding hydrogens is 392 g/mol. The number of fused-ring (bicyclic) bond motifs is 11. The molecule has 5 heteroatoms. The van der Waals surface area contributed by atoms with Gasteiger partial charge in [0.25, 0.3) is 0 Å². The van der Waals surface area contributed by atoms with Crippen LogP contribution in [0.5, 0.6) is 0 Å². The average molecular weight is 429 g/mol.